The van der Waals surface area contributed by atoms with Gasteiger partial charge in [-0.05, 0) is 32.2 Å². The van der Waals surface area contributed by atoms with E-state index in [1.807, 2.05) is 37.1 Å². The van der Waals surface area contributed by atoms with Gasteiger partial charge < -0.3 is 16.0 Å². The van der Waals surface area contributed by atoms with Crippen molar-refractivity contribution < 1.29 is 4.79 Å². The number of likely N-dealkylation sites (N-methyl/N-ethyl adjacent to an activating group) is 1. The average Bonchev–Trinajstić information content (AvgIpc) is 2.82. The van der Waals surface area contributed by atoms with E-state index in [-0.39, 0.29) is 24.4 Å². The summed E-state index contributed by atoms with van der Waals surface area (Å²) < 4.78 is 0. The van der Waals surface area contributed by atoms with E-state index in [1.54, 1.807) is 0 Å². The van der Waals surface area contributed by atoms with Gasteiger partial charge in [-0.3, -0.25) is 4.79 Å². The van der Waals surface area contributed by atoms with Crippen molar-refractivity contribution in [1.29, 1.82) is 0 Å². The third-order valence-corrected chi connectivity index (χ3v) is 3.59. The highest BCUT2D eigenvalue weighted by Crippen LogP contribution is 2.28. The minimum absolute atomic E-state index is 0.0255. The summed E-state index contributed by atoms with van der Waals surface area (Å²) in [6.45, 7) is 6.80. The molecule has 2 aromatic rings. The van der Waals surface area contributed by atoms with Gasteiger partial charge in [0.05, 0.1) is 11.9 Å². The number of rotatable bonds is 5. The Bertz CT molecular complexity index is 610. The molecule has 0 bridgehead atoms. The summed E-state index contributed by atoms with van der Waals surface area (Å²) >= 11 is 1.51. The lowest BCUT2D eigenvalue weighted by molar-refractivity contribution is -0.120. The zero-order valence-corrected chi connectivity index (χ0v) is 12.7. The lowest BCUT2D eigenvalue weighted by Gasteiger charge is -2.22. The summed E-state index contributed by atoms with van der Waals surface area (Å²) in [6.07, 6.45) is 0. The molecule has 0 saturated heterocycles. The number of hydrogen-bond donors (Lipinski definition) is 2. The monoisotopic (exact) mass is 293 g/mol. The molecule has 0 atom stereocenters. The van der Waals surface area contributed by atoms with Gasteiger partial charge in [-0.1, -0.05) is 0 Å². The second kappa shape index (κ2) is 6.04. The maximum atomic E-state index is 11.9. The summed E-state index contributed by atoms with van der Waals surface area (Å²) in [4.78, 5) is 23.2. The Kier molecular flexibility index (Phi) is 4.39. The first-order chi connectivity index (χ1) is 9.51. The predicted molar refractivity (Wildman–Crippen MR) is 83.0 cm³/mol. The number of fused-ring (bicyclic) bond motifs is 1. The number of hydrogen-bond acceptors (Lipinski definition) is 6. The van der Waals surface area contributed by atoms with E-state index in [0.717, 1.165) is 16.0 Å². The van der Waals surface area contributed by atoms with Gasteiger partial charge in [0.25, 0.3) is 0 Å². The number of aromatic nitrogens is 2. The molecule has 6 nitrogen and oxygen atoms in total. The van der Waals surface area contributed by atoms with E-state index in [4.69, 9.17) is 5.73 Å². The number of carbonyl (C=O) groups excluding carboxylic acids is 1. The molecule has 0 aromatic carbocycles. The van der Waals surface area contributed by atoms with Crippen LogP contribution in [-0.4, -0.2) is 35.0 Å². The van der Waals surface area contributed by atoms with Gasteiger partial charge in [-0.25, -0.2) is 4.98 Å². The second-order valence-electron chi connectivity index (χ2n) is 4.78. The van der Waals surface area contributed by atoms with Gasteiger partial charge in [-0.2, -0.15) is 4.98 Å². The number of nitrogens with one attached hydrogen (secondary N) is 1. The zero-order valence-electron chi connectivity index (χ0n) is 11.9. The Labute approximate surface area is 122 Å². The Morgan fingerprint density at radius 3 is 2.90 bits per heavy atom. The first-order valence-corrected chi connectivity index (χ1v) is 7.44. The summed E-state index contributed by atoms with van der Waals surface area (Å²) in [7, 11) is 0. The topological polar surface area (TPSA) is 84.1 Å². The smallest absolute Gasteiger partial charge is 0.239 e. The van der Waals surface area contributed by atoms with Crippen LogP contribution >= 0.6 is 11.3 Å². The molecular weight excluding hydrogens is 274 g/mol. The van der Waals surface area contributed by atoms with Crippen molar-refractivity contribution in [2.75, 3.05) is 23.7 Å². The molecule has 2 heterocycles. The van der Waals surface area contributed by atoms with Crippen LogP contribution in [0.25, 0.3) is 10.2 Å². The van der Waals surface area contributed by atoms with Crippen molar-refractivity contribution in [2.45, 2.75) is 26.8 Å². The van der Waals surface area contributed by atoms with E-state index in [0.29, 0.717) is 6.54 Å². The average molecular weight is 293 g/mol. The van der Waals surface area contributed by atoms with Crippen molar-refractivity contribution in [3.8, 4) is 0 Å². The Morgan fingerprint density at radius 2 is 2.25 bits per heavy atom. The maximum Gasteiger partial charge on any atom is 0.239 e. The molecule has 0 unspecified atom stereocenters. The summed E-state index contributed by atoms with van der Waals surface area (Å²) in [5.74, 6) is 0.926. The van der Waals surface area contributed by atoms with E-state index in [9.17, 15) is 4.79 Å². The predicted octanol–water partition coefficient (Wildman–Crippen LogP) is 1.62. The van der Waals surface area contributed by atoms with Gasteiger partial charge in [-0.15, -0.1) is 11.3 Å². The SMILES string of the molecule is CCN(CC(=O)NC(C)C)c1nc(N)nc2sccc12. The number of carbonyl (C=O) groups is 1. The van der Waals surface area contributed by atoms with Gasteiger partial charge in [0, 0.05) is 12.6 Å². The number of amides is 1. The third kappa shape index (κ3) is 3.16. The van der Waals surface area contributed by atoms with Crippen molar-refractivity contribution in [1.82, 2.24) is 15.3 Å². The first kappa shape index (κ1) is 14.5. The van der Waals surface area contributed by atoms with Crippen LogP contribution in [0, 0.1) is 0 Å². The highest BCUT2D eigenvalue weighted by molar-refractivity contribution is 7.16. The van der Waals surface area contributed by atoms with Crippen molar-refractivity contribution in [3.05, 3.63) is 11.4 Å². The van der Waals surface area contributed by atoms with Crippen LogP contribution in [0.3, 0.4) is 0 Å². The van der Waals surface area contributed by atoms with Gasteiger partial charge >= 0.3 is 0 Å². The number of nitrogens with two attached hydrogens (primary N) is 1. The first-order valence-electron chi connectivity index (χ1n) is 6.56. The Morgan fingerprint density at radius 1 is 1.50 bits per heavy atom. The van der Waals surface area contributed by atoms with Crippen LogP contribution < -0.4 is 16.0 Å². The molecule has 0 aliphatic heterocycles. The van der Waals surface area contributed by atoms with Crippen LogP contribution in [0.2, 0.25) is 0 Å². The summed E-state index contributed by atoms with van der Waals surface area (Å²) in [5.41, 5.74) is 5.75. The summed E-state index contributed by atoms with van der Waals surface area (Å²) in [5, 5.41) is 5.76. The molecule has 0 aliphatic carbocycles. The van der Waals surface area contributed by atoms with E-state index < -0.39 is 0 Å². The lowest BCUT2D eigenvalue weighted by atomic mass is 10.3. The standard InChI is InChI=1S/C13H19N5OS/c1-4-18(7-10(19)15-8(2)3)11-9-5-6-20-12(9)17-13(14)16-11/h5-6,8H,4,7H2,1-3H3,(H,15,19)(H2,14,16,17). The molecule has 2 aromatic heterocycles. The van der Waals surface area contributed by atoms with Crippen LogP contribution in [0.4, 0.5) is 11.8 Å². The molecule has 0 aliphatic rings. The fourth-order valence-electron chi connectivity index (χ4n) is 1.97. The number of nitrogen functional groups attached to an aromatic ring is 1. The number of nitrogens with zero attached hydrogens (tertiary/aromatic N) is 3. The lowest BCUT2D eigenvalue weighted by Crippen LogP contribution is -2.40. The second-order valence-corrected chi connectivity index (χ2v) is 5.68. The van der Waals surface area contributed by atoms with Gasteiger partial charge in [0.2, 0.25) is 11.9 Å². The minimum atomic E-state index is -0.0255. The Balaban J connectivity index is 2.29. The normalized spacial score (nSPS) is 11.0. The molecule has 0 radical (unpaired) electrons. The van der Waals surface area contributed by atoms with E-state index >= 15 is 0 Å². The van der Waals surface area contributed by atoms with Crippen LogP contribution in [0.15, 0.2) is 11.4 Å². The van der Waals surface area contributed by atoms with Crippen LogP contribution in [0.1, 0.15) is 20.8 Å². The molecule has 108 valence electrons. The van der Waals surface area contributed by atoms with Crippen LogP contribution in [0.5, 0.6) is 0 Å². The highest BCUT2D eigenvalue weighted by Gasteiger charge is 2.16. The van der Waals surface area contributed by atoms with E-state index in [2.05, 4.69) is 15.3 Å². The maximum absolute atomic E-state index is 11.9. The van der Waals surface area contributed by atoms with Gasteiger partial charge in [0.1, 0.15) is 10.6 Å². The summed E-state index contributed by atoms with van der Waals surface area (Å²) in [6, 6.07) is 2.08. The molecule has 20 heavy (non-hydrogen) atoms. The zero-order chi connectivity index (χ0) is 14.7. The molecule has 0 saturated carbocycles. The molecule has 7 heteroatoms. The van der Waals surface area contributed by atoms with Crippen molar-refractivity contribution >= 4 is 39.2 Å². The van der Waals surface area contributed by atoms with Crippen molar-refractivity contribution in [2.24, 2.45) is 0 Å². The fraction of sp³-hybridized carbons (Fsp3) is 0.462. The van der Waals surface area contributed by atoms with E-state index in [1.165, 1.54) is 11.3 Å². The molecular formula is C13H19N5OS. The quantitative estimate of drug-likeness (QED) is 0.875. The largest absolute Gasteiger partial charge is 0.368 e. The van der Waals surface area contributed by atoms with Gasteiger partial charge in [0.15, 0.2) is 0 Å². The Hall–Kier alpha value is -1.89. The third-order valence-electron chi connectivity index (χ3n) is 2.79. The molecule has 0 spiro atoms. The molecule has 0 fully saturated rings. The molecule has 3 N–H and O–H groups in total. The molecule has 1 amide bonds. The van der Waals surface area contributed by atoms with Crippen molar-refractivity contribution in [3.63, 3.8) is 0 Å². The molecule has 2 rings (SSSR count). The minimum Gasteiger partial charge on any atom is -0.368 e. The number of anilines is 2. The fourth-order valence-corrected chi connectivity index (χ4v) is 2.74. The van der Waals surface area contributed by atoms with Crippen LogP contribution in [-0.2, 0) is 4.79 Å². The number of thiophene rings is 1. The highest BCUT2D eigenvalue weighted by atomic mass is 32.1.